The van der Waals surface area contributed by atoms with Crippen LogP contribution in [0.25, 0.3) is 27.5 Å². The summed E-state index contributed by atoms with van der Waals surface area (Å²) in [5, 5.41) is 5.69. The highest BCUT2D eigenvalue weighted by Gasteiger charge is 2.34. The monoisotopic (exact) mass is 490 g/mol. The number of halogens is 1. The van der Waals surface area contributed by atoms with Crippen LogP contribution in [0.4, 0.5) is 4.39 Å². The molecule has 1 unspecified atom stereocenters. The predicted octanol–water partition coefficient (Wildman–Crippen LogP) is 6.26. The van der Waals surface area contributed by atoms with E-state index < -0.39 is 23.5 Å². The van der Waals surface area contributed by atoms with Gasteiger partial charge in [0.1, 0.15) is 0 Å². The fourth-order valence-corrected chi connectivity index (χ4v) is 5.18. The second-order valence-electron chi connectivity index (χ2n) is 10.3. The maximum atomic E-state index is 15.5. The van der Waals surface area contributed by atoms with Crippen LogP contribution in [0.3, 0.4) is 0 Å². The zero-order valence-electron chi connectivity index (χ0n) is 21.6. The van der Waals surface area contributed by atoms with Crippen LogP contribution in [0.1, 0.15) is 55.5 Å². The van der Waals surface area contributed by atoms with E-state index in [1.165, 1.54) is 13.2 Å². The first-order valence-corrected chi connectivity index (χ1v) is 12.2. The highest BCUT2D eigenvalue weighted by Crippen LogP contribution is 2.45. The van der Waals surface area contributed by atoms with E-state index in [9.17, 15) is 4.79 Å². The third-order valence-corrected chi connectivity index (χ3v) is 6.71. The van der Waals surface area contributed by atoms with Crippen molar-refractivity contribution in [1.82, 2.24) is 9.61 Å². The molecule has 7 heteroatoms. The second kappa shape index (κ2) is 8.89. The highest BCUT2D eigenvalue weighted by atomic mass is 19.1. The van der Waals surface area contributed by atoms with E-state index in [1.807, 2.05) is 69.6 Å². The third-order valence-electron chi connectivity index (χ3n) is 6.71. The van der Waals surface area contributed by atoms with Crippen LogP contribution in [-0.4, -0.2) is 34.9 Å². The minimum atomic E-state index is -1.02. The van der Waals surface area contributed by atoms with Crippen LogP contribution in [0.15, 0.2) is 36.5 Å². The van der Waals surface area contributed by atoms with Crippen molar-refractivity contribution in [2.24, 2.45) is 0 Å². The number of fused-ring (bicyclic) bond motifs is 4. The van der Waals surface area contributed by atoms with Crippen molar-refractivity contribution in [3.8, 4) is 16.9 Å². The quantitative estimate of drug-likeness (QED) is 0.316. The molecule has 36 heavy (non-hydrogen) atoms. The Morgan fingerprint density at radius 1 is 1.22 bits per heavy atom. The van der Waals surface area contributed by atoms with Crippen molar-refractivity contribution in [1.29, 1.82) is 0 Å². The fourth-order valence-electron chi connectivity index (χ4n) is 5.18. The number of nitrogens with zero attached hydrogens (tertiary/aromatic N) is 2. The summed E-state index contributed by atoms with van der Waals surface area (Å²) in [5.41, 5.74) is 5.58. The Morgan fingerprint density at radius 3 is 2.69 bits per heavy atom. The van der Waals surface area contributed by atoms with Gasteiger partial charge in [-0.2, -0.15) is 5.10 Å². The number of carbonyl (C=O) groups excluding carboxylic acids is 1. The number of benzene rings is 2. The van der Waals surface area contributed by atoms with Crippen molar-refractivity contribution < 1.29 is 23.4 Å². The van der Waals surface area contributed by atoms with Gasteiger partial charge in [-0.25, -0.2) is 13.7 Å². The Bertz CT molecular complexity index is 1500. The minimum absolute atomic E-state index is 0.321. The highest BCUT2D eigenvalue weighted by molar-refractivity contribution is 6.05. The van der Waals surface area contributed by atoms with E-state index in [1.54, 1.807) is 0 Å². The molecule has 6 nitrogen and oxygen atoms in total. The average molecular weight is 491 g/mol. The molecule has 0 aliphatic carbocycles. The maximum absolute atomic E-state index is 15.5. The van der Waals surface area contributed by atoms with Crippen molar-refractivity contribution in [3.05, 3.63) is 64.6 Å². The first kappa shape index (κ1) is 24.3. The van der Waals surface area contributed by atoms with Gasteiger partial charge in [-0.05, 0) is 76.3 Å². The standard InChI is InChI=1S/C29H31FN2O4/c1-16-15-32-25(19-10-7-8-12-22(19)31-32)24(23(16)27(28(33)34-6)36-29(3,4)5)20-14-21(30)26-18(17(20)2)11-9-13-35-26/h7-8,10,12,14-15,27H,9,11,13H2,1-6H3. The Balaban J connectivity index is 1.94. The zero-order chi connectivity index (χ0) is 25.8. The smallest absolute Gasteiger partial charge is 0.339 e. The molecular formula is C29H31FN2O4. The van der Waals surface area contributed by atoms with Crippen molar-refractivity contribution in [2.75, 3.05) is 13.7 Å². The van der Waals surface area contributed by atoms with Crippen LogP contribution in [0, 0.1) is 19.7 Å². The molecule has 1 aliphatic rings. The molecule has 0 N–H and O–H groups in total. The summed E-state index contributed by atoms with van der Waals surface area (Å²) in [6, 6.07) is 9.34. The predicted molar refractivity (Wildman–Crippen MR) is 137 cm³/mol. The third kappa shape index (κ3) is 4.01. The second-order valence-corrected chi connectivity index (χ2v) is 10.3. The first-order chi connectivity index (χ1) is 17.1. The van der Waals surface area contributed by atoms with Crippen molar-refractivity contribution >= 4 is 22.4 Å². The molecule has 3 heterocycles. The largest absolute Gasteiger partial charge is 0.490 e. The Labute approximate surface area is 210 Å². The maximum Gasteiger partial charge on any atom is 0.339 e. The molecule has 5 rings (SSSR count). The van der Waals surface area contributed by atoms with Crippen LogP contribution in [-0.2, 0) is 20.7 Å². The molecule has 0 bridgehead atoms. The van der Waals surface area contributed by atoms with E-state index in [0.29, 0.717) is 29.0 Å². The summed E-state index contributed by atoms with van der Waals surface area (Å²) in [6.07, 6.45) is 2.42. The van der Waals surface area contributed by atoms with E-state index in [-0.39, 0.29) is 0 Å². The zero-order valence-corrected chi connectivity index (χ0v) is 21.6. The van der Waals surface area contributed by atoms with Crippen molar-refractivity contribution in [3.63, 3.8) is 0 Å². The van der Waals surface area contributed by atoms with Crippen LogP contribution < -0.4 is 4.74 Å². The lowest BCUT2D eigenvalue weighted by Gasteiger charge is -2.30. The number of aromatic nitrogens is 2. The van der Waals surface area contributed by atoms with Gasteiger partial charge in [-0.15, -0.1) is 0 Å². The lowest BCUT2D eigenvalue weighted by Crippen LogP contribution is -2.29. The summed E-state index contributed by atoms with van der Waals surface area (Å²) in [6.45, 7) is 10.1. The van der Waals surface area contributed by atoms with Gasteiger partial charge in [0.2, 0.25) is 0 Å². The van der Waals surface area contributed by atoms with Gasteiger partial charge in [-0.1, -0.05) is 18.2 Å². The van der Waals surface area contributed by atoms with Gasteiger partial charge in [0.15, 0.2) is 17.7 Å². The van der Waals surface area contributed by atoms with E-state index >= 15 is 4.39 Å². The number of ether oxygens (including phenoxy) is 3. The molecule has 2 aromatic carbocycles. The minimum Gasteiger partial charge on any atom is -0.490 e. The number of esters is 1. The molecule has 0 radical (unpaired) electrons. The number of carbonyl (C=O) groups is 1. The molecule has 1 aliphatic heterocycles. The lowest BCUT2D eigenvalue weighted by molar-refractivity contribution is -0.164. The number of hydrogen-bond donors (Lipinski definition) is 0. The van der Waals surface area contributed by atoms with E-state index in [2.05, 4.69) is 0 Å². The summed E-state index contributed by atoms with van der Waals surface area (Å²) in [5.74, 6) is -0.602. The Kier molecular flexibility index (Phi) is 5.99. The summed E-state index contributed by atoms with van der Waals surface area (Å²) < 4.78 is 34.5. The Morgan fingerprint density at radius 2 is 1.97 bits per heavy atom. The lowest BCUT2D eigenvalue weighted by atomic mass is 9.86. The number of methoxy groups -OCH3 is 1. The van der Waals surface area contributed by atoms with Gasteiger partial charge in [0.05, 0.1) is 30.4 Å². The first-order valence-electron chi connectivity index (χ1n) is 12.2. The summed E-state index contributed by atoms with van der Waals surface area (Å²) in [7, 11) is 1.35. The summed E-state index contributed by atoms with van der Waals surface area (Å²) >= 11 is 0. The van der Waals surface area contributed by atoms with Gasteiger partial charge >= 0.3 is 5.97 Å². The van der Waals surface area contributed by atoms with Crippen LogP contribution >= 0.6 is 0 Å². The summed E-state index contributed by atoms with van der Waals surface area (Å²) in [4.78, 5) is 13.2. The molecule has 0 saturated carbocycles. The van der Waals surface area contributed by atoms with Gasteiger partial charge < -0.3 is 14.2 Å². The average Bonchev–Trinajstić information content (AvgIpc) is 3.21. The molecule has 0 saturated heterocycles. The van der Waals surface area contributed by atoms with Crippen LogP contribution in [0.5, 0.6) is 5.75 Å². The number of aryl methyl sites for hydroxylation is 1. The molecule has 2 aromatic heterocycles. The number of hydrogen-bond acceptors (Lipinski definition) is 5. The topological polar surface area (TPSA) is 62.1 Å². The fraction of sp³-hybridized carbons (Fsp3) is 0.379. The SMILES string of the molecule is COC(=O)C(OC(C)(C)C)c1c(C)cn2nc3ccccc3c2c1-c1cc(F)c2c(c1C)CCCO2. The van der Waals surface area contributed by atoms with Crippen LogP contribution in [0.2, 0.25) is 0 Å². The molecule has 4 aromatic rings. The molecule has 188 valence electrons. The number of pyridine rings is 1. The van der Waals surface area contributed by atoms with Gasteiger partial charge in [0, 0.05) is 28.3 Å². The van der Waals surface area contributed by atoms with E-state index in [4.69, 9.17) is 19.3 Å². The van der Waals surface area contributed by atoms with Gasteiger partial charge in [-0.3, -0.25) is 0 Å². The number of rotatable bonds is 4. The Hall–Kier alpha value is -3.45. The molecule has 0 spiro atoms. The molecular weight excluding hydrogens is 459 g/mol. The molecule has 0 amide bonds. The van der Waals surface area contributed by atoms with Crippen molar-refractivity contribution in [2.45, 2.75) is 59.2 Å². The van der Waals surface area contributed by atoms with Gasteiger partial charge in [0.25, 0.3) is 0 Å². The molecule has 1 atom stereocenters. The molecule has 0 fully saturated rings. The normalized spacial score (nSPS) is 14.5. The van der Waals surface area contributed by atoms with E-state index in [0.717, 1.165) is 46.0 Å².